The molecule has 37 heavy (non-hydrogen) atoms. The Morgan fingerprint density at radius 3 is 0.514 bits per heavy atom. The van der Waals surface area contributed by atoms with Crippen LogP contribution >= 0.6 is 0 Å². The molecule has 227 valence electrons. The van der Waals surface area contributed by atoms with Crippen LogP contribution in [0.5, 0.6) is 0 Å². The van der Waals surface area contributed by atoms with Gasteiger partial charge in [-0.15, -0.1) is 0 Å². The molecule has 0 heterocycles. The predicted molar refractivity (Wildman–Crippen MR) is 172 cm³/mol. The number of rotatable bonds is 27. The fourth-order valence-electron chi connectivity index (χ4n) is 4.46. The van der Waals surface area contributed by atoms with E-state index in [-0.39, 0.29) is 18.6 Å². The summed E-state index contributed by atoms with van der Waals surface area (Å²) in [5, 5.41) is 0. The van der Waals surface area contributed by atoms with Crippen LogP contribution in [0.2, 0.25) is 0 Å². The molecular weight excluding hydrogens is 483 g/mol. The smallest absolute Gasteiger partial charge is 0 e. The van der Waals surface area contributed by atoms with Crippen LogP contribution < -0.4 is 0 Å². The quantitative estimate of drug-likeness (QED) is 0.0694. The molecule has 0 aliphatic carbocycles. The van der Waals surface area contributed by atoms with E-state index in [4.69, 9.17) is 0 Å². The zero-order valence-corrected chi connectivity index (χ0v) is 28.2. The van der Waals surface area contributed by atoms with Gasteiger partial charge in [-0.05, 0) is 0 Å². The molecule has 0 bridgehead atoms. The summed E-state index contributed by atoms with van der Waals surface area (Å²) < 4.78 is 0. The third kappa shape index (κ3) is 57.5. The van der Waals surface area contributed by atoms with Gasteiger partial charge in [0, 0.05) is 18.6 Å². The summed E-state index contributed by atoms with van der Waals surface area (Å²) in [5.74, 6) is 0. The molecule has 0 aliphatic rings. The Morgan fingerprint density at radius 2 is 0.378 bits per heavy atom. The van der Waals surface area contributed by atoms with Crippen molar-refractivity contribution in [2.24, 2.45) is 0 Å². The van der Waals surface area contributed by atoms with Crippen molar-refractivity contribution < 1.29 is 18.6 Å². The summed E-state index contributed by atoms with van der Waals surface area (Å²) in [6.45, 7) is 18.3. The molecular formula is C36H75V-3. The van der Waals surface area contributed by atoms with E-state index in [1.54, 1.807) is 0 Å². The van der Waals surface area contributed by atoms with E-state index in [0.29, 0.717) is 0 Å². The Labute approximate surface area is 252 Å². The number of hydrogen-bond donors (Lipinski definition) is 0. The van der Waals surface area contributed by atoms with Crippen LogP contribution in [0.1, 0.15) is 213 Å². The molecule has 0 saturated heterocycles. The van der Waals surface area contributed by atoms with Gasteiger partial charge in [0.2, 0.25) is 0 Å². The molecule has 0 spiro atoms. The fourth-order valence-corrected chi connectivity index (χ4v) is 4.46. The summed E-state index contributed by atoms with van der Waals surface area (Å²) in [6.07, 6.45) is 41.7. The molecule has 0 aromatic heterocycles. The Hall–Kier alpha value is 0.584. The van der Waals surface area contributed by atoms with Gasteiger partial charge >= 0.3 is 0 Å². The van der Waals surface area contributed by atoms with Gasteiger partial charge in [0.05, 0.1) is 0 Å². The first-order valence-corrected chi connectivity index (χ1v) is 17.1. The monoisotopic (exact) mass is 559 g/mol. The predicted octanol–water partition coefficient (Wildman–Crippen LogP) is 14.2. The van der Waals surface area contributed by atoms with Crippen LogP contribution in [-0.2, 0) is 18.6 Å². The van der Waals surface area contributed by atoms with Crippen molar-refractivity contribution in [3.05, 3.63) is 20.8 Å². The second-order valence-corrected chi connectivity index (χ2v) is 11.0. The third-order valence-corrected chi connectivity index (χ3v) is 7.06. The summed E-state index contributed by atoms with van der Waals surface area (Å²) >= 11 is 0. The Morgan fingerprint density at radius 1 is 0.243 bits per heavy atom. The van der Waals surface area contributed by atoms with Crippen LogP contribution in [-0.4, -0.2) is 0 Å². The largest absolute Gasteiger partial charge is 0.343 e. The van der Waals surface area contributed by atoms with E-state index >= 15 is 0 Å². The molecule has 0 fully saturated rings. The fraction of sp³-hybridized carbons (Fsp3) is 0.917. The van der Waals surface area contributed by atoms with E-state index in [1.807, 2.05) is 0 Å². The van der Waals surface area contributed by atoms with Gasteiger partial charge < -0.3 is 20.8 Å². The maximum absolute atomic E-state index is 3.84. The summed E-state index contributed by atoms with van der Waals surface area (Å²) in [6, 6.07) is 0. The van der Waals surface area contributed by atoms with Gasteiger partial charge in [-0.3, -0.25) is 0 Å². The minimum atomic E-state index is 0. The van der Waals surface area contributed by atoms with Crippen molar-refractivity contribution in [3.63, 3.8) is 0 Å². The maximum Gasteiger partial charge on any atom is 0 e. The van der Waals surface area contributed by atoms with Crippen LogP contribution in [0, 0.1) is 20.8 Å². The van der Waals surface area contributed by atoms with Gasteiger partial charge in [-0.2, -0.15) is 19.3 Å². The molecule has 0 amide bonds. The second kappa shape index (κ2) is 49.5. The first kappa shape index (κ1) is 44.6. The topological polar surface area (TPSA) is 0 Å². The first-order valence-electron chi connectivity index (χ1n) is 17.1. The van der Waals surface area contributed by atoms with Crippen molar-refractivity contribution in [3.8, 4) is 0 Å². The maximum atomic E-state index is 3.84. The van der Waals surface area contributed by atoms with Crippen LogP contribution in [0.25, 0.3) is 0 Å². The molecule has 0 saturated carbocycles. The summed E-state index contributed by atoms with van der Waals surface area (Å²) in [4.78, 5) is 0. The summed E-state index contributed by atoms with van der Waals surface area (Å²) in [7, 11) is 0. The van der Waals surface area contributed by atoms with Gasteiger partial charge in [-0.25, -0.2) is 0 Å². The Balaban J connectivity index is -0.000000218. The van der Waals surface area contributed by atoms with Crippen LogP contribution in [0.4, 0.5) is 0 Å². The van der Waals surface area contributed by atoms with Crippen LogP contribution in [0.15, 0.2) is 0 Å². The summed E-state index contributed by atoms with van der Waals surface area (Å²) in [5.41, 5.74) is 0. The van der Waals surface area contributed by atoms with E-state index in [0.717, 1.165) is 19.3 Å². The standard InChI is InChI=1S/3C12H25.V/c3*1-3-5-7-9-11-12-10-8-6-4-2;/h3*1,3-12H2,2H3;/q3*-1;. The van der Waals surface area contributed by atoms with Crippen molar-refractivity contribution in [1.29, 1.82) is 0 Å². The van der Waals surface area contributed by atoms with E-state index in [2.05, 4.69) is 41.5 Å². The minimum absolute atomic E-state index is 0. The molecule has 0 aromatic rings. The third-order valence-electron chi connectivity index (χ3n) is 7.06. The van der Waals surface area contributed by atoms with Crippen LogP contribution in [0.3, 0.4) is 0 Å². The molecule has 0 aromatic carbocycles. The SMILES string of the molecule is [CH2-]CCCCCCCCCCC.[CH2-]CCCCCCCCCCC.[CH2-]CCCCCCCCCCC.[V]. The second-order valence-electron chi connectivity index (χ2n) is 11.0. The van der Waals surface area contributed by atoms with Crippen molar-refractivity contribution >= 4 is 0 Å². The first-order chi connectivity index (χ1) is 17.7. The molecule has 0 rings (SSSR count). The van der Waals surface area contributed by atoms with Crippen molar-refractivity contribution in [2.45, 2.75) is 213 Å². The Kier molecular flexibility index (Phi) is 59.7. The zero-order valence-electron chi connectivity index (χ0n) is 26.8. The molecule has 1 heteroatoms. The zero-order chi connectivity index (χ0) is 27.2. The van der Waals surface area contributed by atoms with Crippen molar-refractivity contribution in [1.82, 2.24) is 0 Å². The normalized spacial score (nSPS) is 10.2. The molecule has 1 radical (unpaired) electrons. The number of unbranched alkanes of at least 4 members (excludes halogenated alkanes) is 27. The molecule has 0 N–H and O–H groups in total. The van der Waals surface area contributed by atoms with Gasteiger partial charge in [0.15, 0.2) is 0 Å². The molecule has 0 aliphatic heterocycles. The average molecular weight is 559 g/mol. The molecule has 0 atom stereocenters. The van der Waals surface area contributed by atoms with E-state index in [1.165, 1.54) is 173 Å². The number of hydrogen-bond acceptors (Lipinski definition) is 0. The molecule has 0 unspecified atom stereocenters. The van der Waals surface area contributed by atoms with Gasteiger partial charge in [0.1, 0.15) is 0 Å². The van der Waals surface area contributed by atoms with Gasteiger partial charge in [-0.1, -0.05) is 194 Å². The van der Waals surface area contributed by atoms with Gasteiger partial charge in [0.25, 0.3) is 0 Å². The minimum Gasteiger partial charge on any atom is -0.343 e. The molecule has 0 nitrogen and oxygen atoms in total. The van der Waals surface area contributed by atoms with E-state index < -0.39 is 0 Å². The Bertz CT molecular complexity index is 223. The van der Waals surface area contributed by atoms with Crippen molar-refractivity contribution in [2.75, 3.05) is 0 Å². The van der Waals surface area contributed by atoms with E-state index in [9.17, 15) is 0 Å². The average Bonchev–Trinajstić information content (AvgIpc) is 2.90.